The van der Waals surface area contributed by atoms with E-state index in [2.05, 4.69) is 25.1 Å². The molecule has 1 aliphatic rings. The Balaban J connectivity index is 2.18. The minimum absolute atomic E-state index is 0.704. The second-order valence-corrected chi connectivity index (χ2v) is 3.90. The predicted octanol–water partition coefficient (Wildman–Crippen LogP) is 3.21. The predicted molar refractivity (Wildman–Crippen MR) is 54.1 cm³/mol. The van der Waals surface area contributed by atoms with Gasteiger partial charge < -0.3 is 4.74 Å². The van der Waals surface area contributed by atoms with Gasteiger partial charge in [-0.1, -0.05) is 19.1 Å². The summed E-state index contributed by atoms with van der Waals surface area (Å²) in [5.41, 5.74) is 1.42. The van der Waals surface area contributed by atoms with Crippen LogP contribution in [0.3, 0.4) is 0 Å². The van der Waals surface area contributed by atoms with Crippen LogP contribution in [0.1, 0.15) is 31.2 Å². The first kappa shape index (κ1) is 8.61. The van der Waals surface area contributed by atoms with Crippen LogP contribution in [0.25, 0.3) is 0 Å². The lowest BCUT2D eigenvalue weighted by Crippen LogP contribution is -1.95. The van der Waals surface area contributed by atoms with E-state index in [0.717, 1.165) is 11.7 Å². The van der Waals surface area contributed by atoms with E-state index in [-0.39, 0.29) is 0 Å². The van der Waals surface area contributed by atoms with Gasteiger partial charge in [-0.25, -0.2) is 0 Å². The summed E-state index contributed by atoms with van der Waals surface area (Å²) in [4.78, 5) is 0. The van der Waals surface area contributed by atoms with Crippen LogP contribution in [-0.4, -0.2) is 7.11 Å². The molecule has 1 aromatic rings. The molecule has 0 bridgehead atoms. The maximum atomic E-state index is 5.21. The Bertz CT molecular complexity index is 289. The van der Waals surface area contributed by atoms with Crippen molar-refractivity contribution in [1.29, 1.82) is 0 Å². The molecule has 0 heterocycles. The first-order valence-corrected chi connectivity index (χ1v) is 4.95. The van der Waals surface area contributed by atoms with Crippen molar-refractivity contribution in [2.24, 2.45) is 5.92 Å². The summed E-state index contributed by atoms with van der Waals surface area (Å²) < 4.78 is 5.21. The van der Waals surface area contributed by atoms with Crippen molar-refractivity contribution in [3.05, 3.63) is 29.8 Å². The Kier molecular flexibility index (Phi) is 2.26. The molecule has 0 radical (unpaired) electrons. The average Bonchev–Trinajstić information content (AvgIpc) is 3.00. The summed E-state index contributed by atoms with van der Waals surface area (Å²) in [7, 11) is 1.72. The van der Waals surface area contributed by atoms with Gasteiger partial charge in [-0.15, -0.1) is 0 Å². The lowest BCUT2D eigenvalue weighted by atomic mass is 9.96. The van der Waals surface area contributed by atoms with Crippen molar-refractivity contribution in [1.82, 2.24) is 0 Å². The summed E-state index contributed by atoms with van der Waals surface area (Å²) in [5.74, 6) is 2.60. The van der Waals surface area contributed by atoms with Gasteiger partial charge in [0.05, 0.1) is 7.11 Å². The van der Waals surface area contributed by atoms with Crippen LogP contribution in [0.5, 0.6) is 5.75 Å². The van der Waals surface area contributed by atoms with Crippen LogP contribution < -0.4 is 4.74 Å². The van der Waals surface area contributed by atoms with Gasteiger partial charge in [0.1, 0.15) is 5.75 Å². The molecule has 0 spiro atoms. The van der Waals surface area contributed by atoms with E-state index < -0.39 is 0 Å². The number of benzene rings is 1. The van der Waals surface area contributed by atoms with Gasteiger partial charge in [0, 0.05) is 0 Å². The van der Waals surface area contributed by atoms with E-state index in [1.807, 2.05) is 6.07 Å². The highest BCUT2D eigenvalue weighted by molar-refractivity contribution is 5.31. The lowest BCUT2D eigenvalue weighted by molar-refractivity contribution is 0.413. The molecule has 1 fully saturated rings. The smallest absolute Gasteiger partial charge is 0.119 e. The fourth-order valence-electron chi connectivity index (χ4n) is 1.79. The Morgan fingerprint density at radius 1 is 1.38 bits per heavy atom. The molecule has 1 unspecified atom stereocenters. The van der Waals surface area contributed by atoms with Gasteiger partial charge in [0.15, 0.2) is 0 Å². The quantitative estimate of drug-likeness (QED) is 0.687. The van der Waals surface area contributed by atoms with E-state index in [0.29, 0.717) is 5.92 Å². The third kappa shape index (κ3) is 1.85. The molecule has 70 valence electrons. The molecule has 1 aliphatic carbocycles. The maximum absolute atomic E-state index is 5.21. The molecule has 1 aromatic carbocycles. The van der Waals surface area contributed by atoms with Crippen LogP contribution in [0.4, 0.5) is 0 Å². The first-order valence-electron chi connectivity index (χ1n) is 4.95. The van der Waals surface area contributed by atoms with Gasteiger partial charge >= 0.3 is 0 Å². The minimum Gasteiger partial charge on any atom is -0.497 e. The molecule has 2 rings (SSSR count). The Labute approximate surface area is 79.7 Å². The normalized spacial score (nSPS) is 18.3. The largest absolute Gasteiger partial charge is 0.497 e. The molecule has 1 heteroatoms. The molecule has 0 aromatic heterocycles. The number of methoxy groups -OCH3 is 1. The maximum Gasteiger partial charge on any atom is 0.119 e. The Morgan fingerprint density at radius 3 is 2.77 bits per heavy atom. The van der Waals surface area contributed by atoms with E-state index in [4.69, 9.17) is 4.74 Å². The number of hydrogen-bond donors (Lipinski definition) is 0. The zero-order valence-electron chi connectivity index (χ0n) is 8.29. The number of hydrogen-bond acceptors (Lipinski definition) is 1. The molecular weight excluding hydrogens is 160 g/mol. The zero-order valence-corrected chi connectivity index (χ0v) is 8.29. The second-order valence-electron chi connectivity index (χ2n) is 3.90. The Morgan fingerprint density at radius 2 is 2.15 bits per heavy atom. The molecule has 0 saturated heterocycles. The van der Waals surface area contributed by atoms with Crippen LogP contribution in [-0.2, 0) is 0 Å². The molecule has 0 amide bonds. The lowest BCUT2D eigenvalue weighted by Gasteiger charge is -2.11. The van der Waals surface area contributed by atoms with Gasteiger partial charge in [0.2, 0.25) is 0 Å². The summed E-state index contributed by atoms with van der Waals surface area (Å²) in [6.07, 6.45) is 2.80. The third-order valence-corrected chi connectivity index (χ3v) is 2.95. The number of ether oxygens (including phenoxy) is 1. The topological polar surface area (TPSA) is 9.23 Å². The first-order chi connectivity index (χ1) is 6.31. The highest BCUT2D eigenvalue weighted by atomic mass is 16.5. The number of rotatable bonds is 3. The molecule has 1 nitrogen and oxygen atoms in total. The third-order valence-electron chi connectivity index (χ3n) is 2.95. The fourth-order valence-corrected chi connectivity index (χ4v) is 1.79. The molecule has 13 heavy (non-hydrogen) atoms. The Hall–Kier alpha value is -0.980. The van der Waals surface area contributed by atoms with E-state index in [9.17, 15) is 0 Å². The summed E-state index contributed by atoms with van der Waals surface area (Å²) >= 11 is 0. The van der Waals surface area contributed by atoms with Crippen LogP contribution in [0.15, 0.2) is 24.3 Å². The van der Waals surface area contributed by atoms with Crippen molar-refractivity contribution >= 4 is 0 Å². The minimum atomic E-state index is 0.704. The van der Waals surface area contributed by atoms with Crippen molar-refractivity contribution in [2.45, 2.75) is 25.7 Å². The zero-order chi connectivity index (χ0) is 9.26. The van der Waals surface area contributed by atoms with Gasteiger partial charge in [-0.3, -0.25) is 0 Å². The van der Waals surface area contributed by atoms with E-state index in [1.54, 1.807) is 7.11 Å². The molecule has 0 N–H and O–H groups in total. The van der Waals surface area contributed by atoms with Crippen molar-refractivity contribution < 1.29 is 4.74 Å². The molecule has 0 aliphatic heterocycles. The SMILES string of the molecule is COc1cccc(C(C)C2CC2)c1. The highest BCUT2D eigenvalue weighted by Gasteiger charge is 2.28. The highest BCUT2D eigenvalue weighted by Crippen LogP contribution is 2.42. The van der Waals surface area contributed by atoms with E-state index >= 15 is 0 Å². The van der Waals surface area contributed by atoms with E-state index in [1.165, 1.54) is 18.4 Å². The average molecular weight is 176 g/mol. The monoisotopic (exact) mass is 176 g/mol. The molecule has 1 atom stereocenters. The van der Waals surface area contributed by atoms with Crippen LogP contribution in [0, 0.1) is 5.92 Å². The fraction of sp³-hybridized carbons (Fsp3) is 0.500. The van der Waals surface area contributed by atoms with Gasteiger partial charge in [0.25, 0.3) is 0 Å². The summed E-state index contributed by atoms with van der Waals surface area (Å²) in [6, 6.07) is 8.44. The second kappa shape index (κ2) is 3.41. The molecule has 1 saturated carbocycles. The van der Waals surface area contributed by atoms with Crippen LogP contribution in [0.2, 0.25) is 0 Å². The van der Waals surface area contributed by atoms with Crippen molar-refractivity contribution in [3.8, 4) is 5.75 Å². The summed E-state index contributed by atoms with van der Waals surface area (Å²) in [5, 5.41) is 0. The summed E-state index contributed by atoms with van der Waals surface area (Å²) in [6.45, 7) is 2.31. The van der Waals surface area contributed by atoms with Crippen molar-refractivity contribution in [2.75, 3.05) is 7.11 Å². The standard InChI is InChI=1S/C12H16O/c1-9(10-6-7-10)11-4-3-5-12(8-11)13-2/h3-5,8-10H,6-7H2,1-2H3. The van der Waals surface area contributed by atoms with Crippen molar-refractivity contribution in [3.63, 3.8) is 0 Å². The van der Waals surface area contributed by atoms with Gasteiger partial charge in [-0.05, 0) is 42.4 Å². The molecular formula is C12H16O. The van der Waals surface area contributed by atoms with Crippen LogP contribution >= 0.6 is 0 Å². The van der Waals surface area contributed by atoms with Gasteiger partial charge in [-0.2, -0.15) is 0 Å².